The fraction of sp³-hybridized carbons (Fsp3) is 0.400. The number of aromatic nitrogens is 1. The summed E-state index contributed by atoms with van der Waals surface area (Å²) in [5.41, 5.74) is 2.87. The molecular weight excluding hydrogens is 164 g/mol. The average molecular weight is 176 g/mol. The van der Waals surface area contributed by atoms with Crippen LogP contribution in [0.25, 0.3) is 0 Å². The summed E-state index contributed by atoms with van der Waals surface area (Å²) in [6, 6.07) is 3.81. The number of fused-ring (bicyclic) bond motifs is 1. The first-order valence-electron chi connectivity index (χ1n) is 4.35. The Morgan fingerprint density at radius 2 is 2.23 bits per heavy atom. The van der Waals surface area contributed by atoms with Crippen molar-refractivity contribution < 1.29 is 4.79 Å². The molecule has 1 aromatic heterocycles. The Hall–Kier alpha value is -1.22. The molecule has 0 aromatic carbocycles. The zero-order chi connectivity index (χ0) is 9.42. The molecular formula is C10H12N2O. The summed E-state index contributed by atoms with van der Waals surface area (Å²) in [6.45, 7) is 3.35. The maximum Gasteiger partial charge on any atom is 0.178 e. The van der Waals surface area contributed by atoms with Crippen LogP contribution in [-0.4, -0.2) is 22.7 Å². The summed E-state index contributed by atoms with van der Waals surface area (Å²) < 4.78 is 0. The van der Waals surface area contributed by atoms with Crippen molar-refractivity contribution in [2.75, 3.05) is 7.05 Å². The van der Waals surface area contributed by atoms with E-state index in [1.807, 2.05) is 6.07 Å². The standard InChI is InChI=1S/C10H12N2O/c1-7(13)9-4-3-8-5-12(2)6-10(8)11-9/h3-4H,5-6H2,1-2H3. The Morgan fingerprint density at radius 1 is 1.46 bits per heavy atom. The van der Waals surface area contributed by atoms with Crippen molar-refractivity contribution in [2.45, 2.75) is 20.0 Å². The third kappa shape index (κ3) is 1.47. The molecule has 0 amide bonds. The van der Waals surface area contributed by atoms with Crippen LogP contribution in [0.1, 0.15) is 28.7 Å². The van der Waals surface area contributed by atoms with Crippen LogP contribution >= 0.6 is 0 Å². The van der Waals surface area contributed by atoms with Crippen LogP contribution in [0.2, 0.25) is 0 Å². The van der Waals surface area contributed by atoms with Gasteiger partial charge in [-0.3, -0.25) is 9.69 Å². The molecule has 0 bridgehead atoms. The van der Waals surface area contributed by atoms with Crippen molar-refractivity contribution in [3.63, 3.8) is 0 Å². The zero-order valence-corrected chi connectivity index (χ0v) is 7.87. The van der Waals surface area contributed by atoms with Gasteiger partial charge in [-0.1, -0.05) is 6.07 Å². The molecule has 2 rings (SSSR count). The predicted octanol–water partition coefficient (Wildman–Crippen LogP) is 1.23. The molecule has 0 saturated heterocycles. The molecule has 3 heteroatoms. The Bertz CT molecular complexity index is 360. The lowest BCUT2D eigenvalue weighted by atomic mass is 10.2. The van der Waals surface area contributed by atoms with Gasteiger partial charge in [0.2, 0.25) is 0 Å². The molecule has 0 spiro atoms. The van der Waals surface area contributed by atoms with E-state index < -0.39 is 0 Å². The Kier molecular flexibility index (Phi) is 1.88. The van der Waals surface area contributed by atoms with Crippen molar-refractivity contribution >= 4 is 5.78 Å². The van der Waals surface area contributed by atoms with E-state index in [1.165, 1.54) is 5.56 Å². The molecule has 1 aliphatic heterocycles. The molecule has 0 atom stereocenters. The van der Waals surface area contributed by atoms with Crippen LogP contribution in [0.4, 0.5) is 0 Å². The highest BCUT2D eigenvalue weighted by Crippen LogP contribution is 2.19. The molecule has 0 fully saturated rings. The van der Waals surface area contributed by atoms with Gasteiger partial charge in [-0.05, 0) is 18.7 Å². The number of carbonyl (C=O) groups is 1. The van der Waals surface area contributed by atoms with E-state index in [9.17, 15) is 4.79 Å². The van der Waals surface area contributed by atoms with Crippen molar-refractivity contribution in [3.8, 4) is 0 Å². The van der Waals surface area contributed by atoms with Crippen LogP contribution in [0, 0.1) is 0 Å². The number of pyridine rings is 1. The van der Waals surface area contributed by atoms with Crippen LogP contribution in [0.3, 0.4) is 0 Å². The Labute approximate surface area is 77.4 Å². The zero-order valence-electron chi connectivity index (χ0n) is 7.87. The lowest BCUT2D eigenvalue weighted by Crippen LogP contribution is -2.08. The minimum absolute atomic E-state index is 0.0392. The number of hydrogen-bond donors (Lipinski definition) is 0. The monoisotopic (exact) mass is 176 g/mol. The van der Waals surface area contributed by atoms with E-state index in [-0.39, 0.29) is 5.78 Å². The molecule has 1 aliphatic rings. The summed E-state index contributed by atoms with van der Waals surface area (Å²) in [4.78, 5) is 17.5. The summed E-state index contributed by atoms with van der Waals surface area (Å²) >= 11 is 0. The van der Waals surface area contributed by atoms with E-state index in [4.69, 9.17) is 0 Å². The predicted molar refractivity (Wildman–Crippen MR) is 49.4 cm³/mol. The maximum absolute atomic E-state index is 11.1. The average Bonchev–Trinajstić information content (AvgIpc) is 2.42. The van der Waals surface area contributed by atoms with Crippen molar-refractivity contribution in [3.05, 3.63) is 29.1 Å². The maximum atomic E-state index is 11.1. The van der Waals surface area contributed by atoms with Crippen LogP contribution in [0.15, 0.2) is 12.1 Å². The van der Waals surface area contributed by atoms with Gasteiger partial charge in [-0.25, -0.2) is 4.98 Å². The van der Waals surface area contributed by atoms with Crippen molar-refractivity contribution in [2.24, 2.45) is 0 Å². The lowest BCUT2D eigenvalue weighted by Gasteiger charge is -2.02. The molecule has 0 saturated carbocycles. The minimum Gasteiger partial charge on any atom is -0.296 e. The highest BCUT2D eigenvalue weighted by atomic mass is 16.1. The summed E-state index contributed by atoms with van der Waals surface area (Å²) in [5, 5.41) is 0. The number of ketones is 1. The number of Topliss-reactive ketones (excluding diaryl/α,β-unsaturated/α-hetero) is 1. The quantitative estimate of drug-likeness (QED) is 0.603. The molecule has 2 heterocycles. The van der Waals surface area contributed by atoms with Gasteiger partial charge in [-0.2, -0.15) is 0 Å². The molecule has 68 valence electrons. The summed E-state index contributed by atoms with van der Waals surface area (Å²) in [5.74, 6) is 0.0392. The Balaban J connectivity index is 2.40. The van der Waals surface area contributed by atoms with Gasteiger partial charge in [0.1, 0.15) is 5.69 Å². The topological polar surface area (TPSA) is 33.2 Å². The van der Waals surface area contributed by atoms with Crippen molar-refractivity contribution in [1.29, 1.82) is 0 Å². The van der Waals surface area contributed by atoms with Crippen LogP contribution in [0.5, 0.6) is 0 Å². The largest absolute Gasteiger partial charge is 0.296 e. The fourth-order valence-electron chi connectivity index (χ4n) is 1.61. The van der Waals surface area contributed by atoms with Gasteiger partial charge in [-0.15, -0.1) is 0 Å². The van der Waals surface area contributed by atoms with Gasteiger partial charge in [0, 0.05) is 20.0 Å². The van der Waals surface area contributed by atoms with E-state index in [0.29, 0.717) is 5.69 Å². The second-order valence-corrected chi connectivity index (χ2v) is 3.53. The smallest absolute Gasteiger partial charge is 0.178 e. The minimum atomic E-state index is 0.0392. The van der Waals surface area contributed by atoms with Crippen molar-refractivity contribution in [1.82, 2.24) is 9.88 Å². The molecule has 13 heavy (non-hydrogen) atoms. The lowest BCUT2D eigenvalue weighted by molar-refractivity contribution is 0.101. The first-order valence-corrected chi connectivity index (χ1v) is 4.35. The molecule has 0 radical (unpaired) electrons. The normalized spacial score (nSPS) is 15.8. The highest BCUT2D eigenvalue weighted by molar-refractivity contribution is 5.92. The highest BCUT2D eigenvalue weighted by Gasteiger charge is 2.17. The molecule has 0 N–H and O–H groups in total. The van der Waals surface area contributed by atoms with Gasteiger partial charge in [0.25, 0.3) is 0 Å². The van der Waals surface area contributed by atoms with Gasteiger partial charge in [0.15, 0.2) is 5.78 Å². The van der Waals surface area contributed by atoms with Crippen LogP contribution < -0.4 is 0 Å². The summed E-state index contributed by atoms with van der Waals surface area (Å²) in [7, 11) is 2.05. The number of rotatable bonds is 1. The first-order chi connectivity index (χ1) is 6.16. The van der Waals surface area contributed by atoms with E-state index in [2.05, 4.69) is 16.9 Å². The molecule has 0 aliphatic carbocycles. The molecule has 0 unspecified atom stereocenters. The Morgan fingerprint density at radius 3 is 2.92 bits per heavy atom. The summed E-state index contributed by atoms with van der Waals surface area (Å²) in [6.07, 6.45) is 0. The fourth-order valence-corrected chi connectivity index (χ4v) is 1.61. The molecule has 3 nitrogen and oxygen atoms in total. The number of nitrogens with zero attached hydrogens (tertiary/aromatic N) is 2. The third-order valence-electron chi connectivity index (χ3n) is 2.29. The van der Waals surface area contributed by atoms with Gasteiger partial charge < -0.3 is 0 Å². The van der Waals surface area contributed by atoms with Gasteiger partial charge in [0.05, 0.1) is 5.69 Å². The second kappa shape index (κ2) is 2.92. The van der Waals surface area contributed by atoms with Crippen LogP contribution in [-0.2, 0) is 13.1 Å². The SMILES string of the molecule is CC(=O)c1ccc2c(n1)CN(C)C2. The number of hydrogen-bond acceptors (Lipinski definition) is 3. The second-order valence-electron chi connectivity index (χ2n) is 3.53. The third-order valence-corrected chi connectivity index (χ3v) is 2.29. The van der Waals surface area contributed by atoms with E-state index in [1.54, 1.807) is 13.0 Å². The van der Waals surface area contributed by atoms with E-state index >= 15 is 0 Å². The first kappa shape index (κ1) is 8.38. The van der Waals surface area contributed by atoms with Gasteiger partial charge >= 0.3 is 0 Å². The number of carbonyl (C=O) groups excluding carboxylic acids is 1. The molecule has 1 aromatic rings. The van der Waals surface area contributed by atoms with E-state index in [0.717, 1.165) is 18.8 Å².